The molecule has 2 aromatic rings. The minimum Gasteiger partial charge on any atom is -0.357 e. The molecule has 0 spiro atoms. The lowest BCUT2D eigenvalue weighted by molar-refractivity contribution is -0.118. The van der Waals surface area contributed by atoms with Crippen LogP contribution < -0.4 is 4.90 Å². The summed E-state index contributed by atoms with van der Waals surface area (Å²) >= 11 is 0. The van der Waals surface area contributed by atoms with Crippen LogP contribution in [-0.2, 0) is 18.3 Å². The number of Topliss-reactive ketones (excluding diaryl/α,β-unsaturated/α-hetero) is 1. The normalized spacial score (nSPS) is 14.2. The molecule has 0 aliphatic carbocycles. The predicted molar refractivity (Wildman–Crippen MR) is 76.9 cm³/mol. The van der Waals surface area contributed by atoms with E-state index in [0.29, 0.717) is 12.0 Å². The highest BCUT2D eigenvalue weighted by molar-refractivity contribution is 6.06. The van der Waals surface area contributed by atoms with Gasteiger partial charge in [-0.25, -0.2) is 0 Å². The first-order valence-corrected chi connectivity index (χ1v) is 6.68. The Labute approximate surface area is 117 Å². The third-order valence-electron chi connectivity index (χ3n) is 3.65. The smallest absolute Gasteiger partial charge is 0.227 e. The Balaban J connectivity index is 1.87. The number of aromatic nitrogens is 1. The van der Waals surface area contributed by atoms with Crippen LogP contribution in [0.15, 0.2) is 42.7 Å². The minimum absolute atomic E-state index is 0.0213. The van der Waals surface area contributed by atoms with Crippen molar-refractivity contribution in [3.05, 3.63) is 53.9 Å². The summed E-state index contributed by atoms with van der Waals surface area (Å²) < 4.78 is 1.83. The van der Waals surface area contributed by atoms with E-state index in [2.05, 4.69) is 0 Å². The maximum Gasteiger partial charge on any atom is 0.227 e. The lowest BCUT2D eigenvalue weighted by Crippen LogP contribution is -2.39. The first-order valence-electron chi connectivity index (χ1n) is 6.68. The second kappa shape index (κ2) is 4.96. The van der Waals surface area contributed by atoms with E-state index in [9.17, 15) is 9.59 Å². The molecule has 0 bridgehead atoms. The van der Waals surface area contributed by atoms with Gasteiger partial charge in [0.25, 0.3) is 0 Å². The summed E-state index contributed by atoms with van der Waals surface area (Å²) in [5.41, 5.74) is 2.64. The number of fused-ring (bicyclic) bond motifs is 1. The summed E-state index contributed by atoms with van der Waals surface area (Å²) in [6, 6.07) is 9.57. The van der Waals surface area contributed by atoms with Crippen molar-refractivity contribution in [1.29, 1.82) is 0 Å². The number of amides is 1. The third-order valence-corrected chi connectivity index (χ3v) is 3.65. The van der Waals surface area contributed by atoms with Crippen LogP contribution in [0, 0.1) is 0 Å². The molecule has 0 N–H and O–H groups in total. The Hall–Kier alpha value is -2.36. The number of benzene rings is 1. The van der Waals surface area contributed by atoms with Gasteiger partial charge in [0.05, 0.1) is 6.54 Å². The van der Waals surface area contributed by atoms with E-state index in [4.69, 9.17) is 0 Å². The maximum atomic E-state index is 12.3. The standard InChI is InChI=1S/C16H16N2O2/c1-17-9-8-13(10-17)15(19)11-18-14-5-3-2-4-12(14)6-7-16(18)20/h2-5,8-10H,6-7,11H2,1H3. The first kappa shape index (κ1) is 12.7. The van der Waals surface area contributed by atoms with Crippen molar-refractivity contribution in [3.63, 3.8) is 0 Å². The zero-order valence-corrected chi connectivity index (χ0v) is 11.4. The molecule has 4 heteroatoms. The quantitative estimate of drug-likeness (QED) is 0.801. The van der Waals surface area contributed by atoms with Gasteiger partial charge in [-0.05, 0) is 24.1 Å². The Morgan fingerprint density at radius 1 is 1.20 bits per heavy atom. The molecule has 0 saturated heterocycles. The molecule has 1 aromatic heterocycles. The van der Waals surface area contributed by atoms with Gasteiger partial charge in [0.1, 0.15) is 0 Å². The van der Waals surface area contributed by atoms with E-state index >= 15 is 0 Å². The summed E-state index contributed by atoms with van der Waals surface area (Å²) in [4.78, 5) is 26.0. The fraction of sp³-hybridized carbons (Fsp3) is 0.250. The van der Waals surface area contributed by atoms with Crippen LogP contribution in [0.3, 0.4) is 0 Å². The summed E-state index contributed by atoms with van der Waals surface area (Å²) in [6.07, 6.45) is 4.84. The SMILES string of the molecule is Cn1ccc(C(=O)CN2C(=O)CCc3ccccc32)c1. The molecular weight excluding hydrogens is 252 g/mol. The molecule has 2 heterocycles. The average molecular weight is 268 g/mol. The number of hydrogen-bond donors (Lipinski definition) is 0. The van der Waals surface area contributed by atoms with Crippen LogP contribution in [0.5, 0.6) is 0 Å². The number of carbonyl (C=O) groups excluding carboxylic acids is 2. The van der Waals surface area contributed by atoms with E-state index in [1.807, 2.05) is 42.1 Å². The number of ketones is 1. The zero-order chi connectivity index (χ0) is 14.1. The number of carbonyl (C=O) groups is 2. The Bertz CT molecular complexity index is 673. The van der Waals surface area contributed by atoms with Gasteiger partial charge in [0.15, 0.2) is 5.78 Å². The lowest BCUT2D eigenvalue weighted by Gasteiger charge is -2.28. The van der Waals surface area contributed by atoms with Crippen LogP contribution in [0.4, 0.5) is 5.69 Å². The molecule has 0 atom stereocenters. The van der Waals surface area contributed by atoms with Crippen LogP contribution in [0.25, 0.3) is 0 Å². The fourth-order valence-corrected chi connectivity index (χ4v) is 2.57. The highest BCUT2D eigenvalue weighted by Crippen LogP contribution is 2.27. The molecule has 102 valence electrons. The van der Waals surface area contributed by atoms with Gasteiger partial charge >= 0.3 is 0 Å². The number of rotatable bonds is 3. The van der Waals surface area contributed by atoms with E-state index in [1.54, 1.807) is 17.2 Å². The van der Waals surface area contributed by atoms with Gasteiger partial charge < -0.3 is 9.47 Å². The van der Waals surface area contributed by atoms with Crippen molar-refractivity contribution in [3.8, 4) is 0 Å². The molecule has 0 radical (unpaired) electrons. The summed E-state index contributed by atoms with van der Waals surface area (Å²) in [6.45, 7) is 0.111. The van der Waals surface area contributed by atoms with Gasteiger partial charge in [-0.1, -0.05) is 18.2 Å². The second-order valence-corrected chi connectivity index (χ2v) is 5.10. The molecule has 0 saturated carbocycles. The molecule has 1 aliphatic heterocycles. The van der Waals surface area contributed by atoms with E-state index in [1.165, 1.54) is 0 Å². The monoisotopic (exact) mass is 268 g/mol. The zero-order valence-electron chi connectivity index (χ0n) is 11.4. The highest BCUT2D eigenvalue weighted by Gasteiger charge is 2.26. The first-order chi connectivity index (χ1) is 9.65. The minimum atomic E-state index is -0.0318. The maximum absolute atomic E-state index is 12.3. The molecular formula is C16H16N2O2. The van der Waals surface area contributed by atoms with Gasteiger partial charge in [0.2, 0.25) is 5.91 Å². The number of hydrogen-bond acceptors (Lipinski definition) is 2. The number of nitrogens with zero attached hydrogens (tertiary/aromatic N) is 2. The van der Waals surface area contributed by atoms with Crippen LogP contribution >= 0.6 is 0 Å². The van der Waals surface area contributed by atoms with Crippen molar-refractivity contribution < 1.29 is 9.59 Å². The van der Waals surface area contributed by atoms with Gasteiger partial charge in [-0.15, -0.1) is 0 Å². The Kier molecular flexibility index (Phi) is 3.14. The summed E-state index contributed by atoms with van der Waals surface area (Å²) in [7, 11) is 1.87. The number of para-hydroxylation sites is 1. The molecule has 3 rings (SSSR count). The number of anilines is 1. The molecule has 1 aliphatic rings. The van der Waals surface area contributed by atoms with Crippen LogP contribution in [0.1, 0.15) is 22.3 Å². The Morgan fingerprint density at radius 3 is 2.75 bits per heavy atom. The Morgan fingerprint density at radius 2 is 2.00 bits per heavy atom. The topological polar surface area (TPSA) is 42.3 Å². The second-order valence-electron chi connectivity index (χ2n) is 5.10. The van der Waals surface area contributed by atoms with Crippen molar-refractivity contribution >= 4 is 17.4 Å². The molecule has 1 aromatic carbocycles. The van der Waals surface area contributed by atoms with Gasteiger partial charge in [-0.2, -0.15) is 0 Å². The van der Waals surface area contributed by atoms with Crippen molar-refractivity contribution in [2.24, 2.45) is 7.05 Å². The van der Waals surface area contributed by atoms with Crippen LogP contribution in [-0.4, -0.2) is 22.8 Å². The van der Waals surface area contributed by atoms with Crippen molar-refractivity contribution in [2.75, 3.05) is 11.4 Å². The molecule has 4 nitrogen and oxygen atoms in total. The molecule has 1 amide bonds. The highest BCUT2D eigenvalue weighted by atomic mass is 16.2. The fourth-order valence-electron chi connectivity index (χ4n) is 2.57. The average Bonchev–Trinajstić information content (AvgIpc) is 2.89. The van der Waals surface area contributed by atoms with Crippen LogP contribution in [0.2, 0.25) is 0 Å². The van der Waals surface area contributed by atoms with Crippen molar-refractivity contribution in [1.82, 2.24) is 4.57 Å². The van der Waals surface area contributed by atoms with E-state index in [0.717, 1.165) is 17.7 Å². The van der Waals surface area contributed by atoms with Gasteiger partial charge in [0, 0.05) is 37.1 Å². The summed E-state index contributed by atoms with van der Waals surface area (Å²) in [5, 5.41) is 0. The van der Waals surface area contributed by atoms with Gasteiger partial charge in [-0.3, -0.25) is 9.59 Å². The van der Waals surface area contributed by atoms with E-state index < -0.39 is 0 Å². The van der Waals surface area contributed by atoms with E-state index in [-0.39, 0.29) is 18.2 Å². The summed E-state index contributed by atoms with van der Waals surface area (Å²) in [5.74, 6) is -0.0105. The molecule has 0 unspecified atom stereocenters. The van der Waals surface area contributed by atoms with Crippen molar-refractivity contribution in [2.45, 2.75) is 12.8 Å². The predicted octanol–water partition coefficient (Wildman–Crippen LogP) is 2.19. The molecule has 20 heavy (non-hydrogen) atoms. The lowest BCUT2D eigenvalue weighted by atomic mass is 10.0. The molecule has 0 fully saturated rings. The number of aryl methyl sites for hydroxylation is 2. The largest absolute Gasteiger partial charge is 0.357 e. The third kappa shape index (κ3) is 2.25.